The lowest BCUT2D eigenvalue weighted by Crippen LogP contribution is -2.28. The number of hydrogen-bond acceptors (Lipinski definition) is 2. The van der Waals surface area contributed by atoms with Gasteiger partial charge in [-0.15, -0.1) is 0 Å². The molecule has 3 aromatic carbocycles. The van der Waals surface area contributed by atoms with Crippen molar-refractivity contribution in [2.45, 2.75) is 52.1 Å². The van der Waals surface area contributed by atoms with Crippen LogP contribution in [0.15, 0.2) is 66.7 Å². The minimum atomic E-state index is -1.12. The summed E-state index contributed by atoms with van der Waals surface area (Å²) in [5.41, 5.74) is 3.05. The standard InChI is InChI=1S/C30H30F2N2O3/c1-18(2)27-26(28(35)33-16-20-10-13-23(31)24(32)14-20)22-12-11-21(30(3,4)29(36)37)15-25(22)34(27)17-19-8-6-5-7-9-19/h5-15,18H,16-17H2,1-4H3,(H,33,35)(H,36,37). The van der Waals surface area contributed by atoms with E-state index in [4.69, 9.17) is 0 Å². The van der Waals surface area contributed by atoms with E-state index in [1.165, 1.54) is 6.07 Å². The number of nitrogens with one attached hydrogen (secondary N) is 1. The van der Waals surface area contributed by atoms with E-state index in [2.05, 4.69) is 9.88 Å². The summed E-state index contributed by atoms with van der Waals surface area (Å²) >= 11 is 0. The van der Waals surface area contributed by atoms with Gasteiger partial charge in [-0.05, 0) is 54.7 Å². The highest BCUT2D eigenvalue weighted by molar-refractivity contribution is 6.09. The number of hydrogen-bond donors (Lipinski definition) is 2. The zero-order valence-electron chi connectivity index (χ0n) is 21.3. The Morgan fingerprint density at radius 1 is 0.946 bits per heavy atom. The van der Waals surface area contributed by atoms with Gasteiger partial charge in [0.2, 0.25) is 0 Å². The van der Waals surface area contributed by atoms with Gasteiger partial charge in [-0.1, -0.05) is 62.4 Å². The van der Waals surface area contributed by atoms with Gasteiger partial charge in [-0.2, -0.15) is 0 Å². The van der Waals surface area contributed by atoms with Gasteiger partial charge in [0, 0.05) is 29.7 Å². The number of carboxylic acids is 1. The van der Waals surface area contributed by atoms with Crippen molar-refractivity contribution in [1.29, 1.82) is 0 Å². The van der Waals surface area contributed by atoms with Crippen LogP contribution in [-0.2, 0) is 23.3 Å². The maximum Gasteiger partial charge on any atom is 0.313 e. The van der Waals surface area contributed by atoms with Crippen LogP contribution in [-0.4, -0.2) is 21.6 Å². The van der Waals surface area contributed by atoms with Gasteiger partial charge < -0.3 is 15.0 Å². The minimum Gasteiger partial charge on any atom is -0.481 e. The third-order valence-electron chi connectivity index (χ3n) is 6.76. The molecule has 1 aromatic heterocycles. The maximum atomic E-state index is 13.7. The highest BCUT2D eigenvalue weighted by Crippen LogP contribution is 2.35. The SMILES string of the molecule is CC(C)c1c(C(=O)NCc2ccc(F)c(F)c2)c2ccc(C(C)(C)C(=O)O)cc2n1Cc1ccccc1. The topological polar surface area (TPSA) is 71.3 Å². The largest absolute Gasteiger partial charge is 0.481 e. The smallest absolute Gasteiger partial charge is 0.313 e. The third-order valence-corrected chi connectivity index (χ3v) is 6.76. The van der Waals surface area contributed by atoms with Crippen molar-refractivity contribution in [3.8, 4) is 0 Å². The Morgan fingerprint density at radius 3 is 2.27 bits per heavy atom. The minimum absolute atomic E-state index is 0.0308. The van der Waals surface area contributed by atoms with Crippen LogP contribution in [0.2, 0.25) is 0 Å². The van der Waals surface area contributed by atoms with Gasteiger partial charge in [-0.3, -0.25) is 9.59 Å². The molecule has 0 spiro atoms. The Bertz CT molecular complexity index is 1470. The second-order valence-corrected chi connectivity index (χ2v) is 10.1. The fraction of sp³-hybridized carbons (Fsp3) is 0.267. The molecule has 0 radical (unpaired) electrons. The normalized spacial score (nSPS) is 11.8. The van der Waals surface area contributed by atoms with Gasteiger partial charge >= 0.3 is 5.97 Å². The maximum absolute atomic E-state index is 13.7. The first-order valence-corrected chi connectivity index (χ1v) is 12.2. The molecule has 0 unspecified atom stereocenters. The number of benzene rings is 3. The van der Waals surface area contributed by atoms with Crippen molar-refractivity contribution in [2.75, 3.05) is 0 Å². The van der Waals surface area contributed by atoms with Gasteiger partial charge in [-0.25, -0.2) is 8.78 Å². The van der Waals surface area contributed by atoms with Crippen LogP contribution < -0.4 is 5.32 Å². The van der Waals surface area contributed by atoms with E-state index >= 15 is 0 Å². The van der Waals surface area contributed by atoms with Gasteiger partial charge in [0.1, 0.15) is 0 Å². The zero-order valence-corrected chi connectivity index (χ0v) is 21.3. The molecule has 1 heterocycles. The predicted octanol–water partition coefficient (Wildman–Crippen LogP) is 6.38. The summed E-state index contributed by atoms with van der Waals surface area (Å²) in [7, 11) is 0. The average Bonchev–Trinajstić information content (AvgIpc) is 3.18. The second-order valence-electron chi connectivity index (χ2n) is 10.1. The van der Waals surface area contributed by atoms with Crippen molar-refractivity contribution < 1.29 is 23.5 Å². The molecule has 5 nitrogen and oxygen atoms in total. The number of nitrogens with zero attached hydrogens (tertiary/aromatic N) is 1. The zero-order chi connectivity index (χ0) is 26.9. The molecular weight excluding hydrogens is 474 g/mol. The molecule has 2 N–H and O–H groups in total. The van der Waals surface area contributed by atoms with Crippen molar-refractivity contribution in [3.63, 3.8) is 0 Å². The molecule has 4 aromatic rings. The van der Waals surface area contributed by atoms with Crippen LogP contribution in [0.4, 0.5) is 8.78 Å². The summed E-state index contributed by atoms with van der Waals surface area (Å²) in [4.78, 5) is 25.5. The Balaban J connectivity index is 1.85. The molecule has 37 heavy (non-hydrogen) atoms. The van der Waals surface area contributed by atoms with Gasteiger partial charge in [0.05, 0.1) is 11.0 Å². The highest BCUT2D eigenvalue weighted by Gasteiger charge is 2.31. The van der Waals surface area contributed by atoms with E-state index in [0.29, 0.717) is 28.6 Å². The number of fused-ring (bicyclic) bond motifs is 1. The van der Waals surface area contributed by atoms with Crippen molar-refractivity contribution in [2.24, 2.45) is 0 Å². The molecule has 0 bridgehead atoms. The molecule has 0 atom stereocenters. The van der Waals surface area contributed by atoms with E-state index in [9.17, 15) is 23.5 Å². The number of carbonyl (C=O) groups is 2. The molecule has 0 aliphatic rings. The van der Waals surface area contributed by atoms with E-state index in [-0.39, 0.29) is 18.4 Å². The second kappa shape index (κ2) is 10.2. The summed E-state index contributed by atoms with van der Waals surface area (Å²) in [5, 5.41) is 13.4. The fourth-order valence-corrected chi connectivity index (χ4v) is 4.58. The molecule has 7 heteroatoms. The van der Waals surface area contributed by atoms with E-state index in [0.717, 1.165) is 28.9 Å². The predicted molar refractivity (Wildman–Crippen MR) is 140 cm³/mol. The van der Waals surface area contributed by atoms with Crippen molar-refractivity contribution >= 4 is 22.8 Å². The molecule has 0 saturated heterocycles. The molecule has 0 saturated carbocycles. The number of amides is 1. The summed E-state index contributed by atoms with van der Waals surface area (Å²) in [6.07, 6.45) is 0. The lowest BCUT2D eigenvalue weighted by atomic mass is 9.84. The number of carboxylic acid groups (broad SMARTS) is 1. The summed E-state index contributed by atoms with van der Waals surface area (Å²) in [6, 6.07) is 18.8. The highest BCUT2D eigenvalue weighted by atomic mass is 19.2. The average molecular weight is 505 g/mol. The molecule has 4 rings (SSSR count). The van der Waals surface area contributed by atoms with Crippen LogP contribution in [0.3, 0.4) is 0 Å². The summed E-state index contributed by atoms with van der Waals surface area (Å²) in [5.74, 6) is -3.22. The number of carbonyl (C=O) groups excluding carboxylic acids is 1. The first-order chi connectivity index (χ1) is 17.5. The Hall–Kier alpha value is -4.00. The van der Waals surface area contributed by atoms with Crippen LogP contribution >= 0.6 is 0 Å². The number of rotatable bonds is 8. The van der Waals surface area contributed by atoms with E-state index < -0.39 is 23.0 Å². The fourth-order valence-electron chi connectivity index (χ4n) is 4.58. The first kappa shape index (κ1) is 26.1. The van der Waals surface area contributed by atoms with Crippen molar-refractivity contribution in [1.82, 2.24) is 9.88 Å². The first-order valence-electron chi connectivity index (χ1n) is 12.2. The number of aromatic nitrogens is 1. The lowest BCUT2D eigenvalue weighted by Gasteiger charge is -2.20. The molecule has 1 amide bonds. The van der Waals surface area contributed by atoms with Gasteiger partial charge in [0.25, 0.3) is 5.91 Å². The Kier molecular flexibility index (Phi) is 7.16. The molecular formula is C30H30F2N2O3. The third kappa shape index (κ3) is 5.12. The van der Waals surface area contributed by atoms with Crippen LogP contribution in [0.5, 0.6) is 0 Å². The van der Waals surface area contributed by atoms with E-state index in [1.807, 2.05) is 50.2 Å². The number of aliphatic carboxylic acids is 1. The quantitative estimate of drug-likeness (QED) is 0.292. The van der Waals surface area contributed by atoms with Gasteiger partial charge in [0.15, 0.2) is 11.6 Å². The van der Waals surface area contributed by atoms with E-state index in [1.54, 1.807) is 26.0 Å². The monoisotopic (exact) mass is 504 g/mol. The Morgan fingerprint density at radius 2 is 1.65 bits per heavy atom. The van der Waals surface area contributed by atoms with Crippen LogP contribution in [0.25, 0.3) is 10.9 Å². The lowest BCUT2D eigenvalue weighted by molar-refractivity contribution is -0.142. The Labute approximate surface area is 214 Å². The van der Waals surface area contributed by atoms with Crippen molar-refractivity contribution in [3.05, 3.63) is 106 Å². The molecule has 0 fully saturated rings. The summed E-state index contributed by atoms with van der Waals surface area (Å²) in [6.45, 7) is 7.84. The van der Waals surface area contributed by atoms with Crippen LogP contribution in [0.1, 0.15) is 66.4 Å². The molecule has 192 valence electrons. The molecule has 0 aliphatic heterocycles. The molecule has 0 aliphatic carbocycles. The summed E-state index contributed by atoms with van der Waals surface area (Å²) < 4.78 is 29.1. The number of halogens is 2. The van der Waals surface area contributed by atoms with Crippen LogP contribution in [0, 0.1) is 11.6 Å².